The van der Waals surface area contributed by atoms with Crippen molar-refractivity contribution in [3.63, 3.8) is 0 Å². The molecule has 0 unspecified atom stereocenters. The molecule has 0 bridgehead atoms. The molecule has 0 atom stereocenters. The molecule has 0 radical (unpaired) electrons. The highest BCUT2D eigenvalue weighted by Gasteiger charge is 2.26. The minimum Gasteiger partial charge on any atom is -0.426 e. The highest BCUT2D eigenvalue weighted by atomic mass is 16.4. The van der Waals surface area contributed by atoms with Gasteiger partial charge >= 0.3 is 0 Å². The van der Waals surface area contributed by atoms with E-state index in [1.807, 2.05) is 18.2 Å². The van der Waals surface area contributed by atoms with Crippen molar-refractivity contribution < 1.29 is 4.42 Å². The summed E-state index contributed by atoms with van der Waals surface area (Å²) in [6.07, 6.45) is 10.5. The third kappa shape index (κ3) is 3.99. The SMILES string of the molecule is C=CCC(CC=C)(CC=C)CCc1nnc(C)o1. The Bertz CT molecular complexity index is 380. The summed E-state index contributed by atoms with van der Waals surface area (Å²) >= 11 is 0. The van der Waals surface area contributed by atoms with Crippen LogP contribution in [0.2, 0.25) is 0 Å². The van der Waals surface area contributed by atoms with E-state index in [2.05, 4.69) is 29.9 Å². The van der Waals surface area contributed by atoms with Crippen LogP contribution in [0.1, 0.15) is 37.5 Å². The zero-order chi connectivity index (χ0) is 13.4. The number of hydrogen-bond donors (Lipinski definition) is 0. The molecule has 18 heavy (non-hydrogen) atoms. The maximum Gasteiger partial charge on any atom is 0.216 e. The van der Waals surface area contributed by atoms with Gasteiger partial charge in [-0.1, -0.05) is 18.2 Å². The van der Waals surface area contributed by atoms with Crippen LogP contribution in [0.5, 0.6) is 0 Å². The smallest absolute Gasteiger partial charge is 0.216 e. The first kappa shape index (κ1) is 14.4. The van der Waals surface area contributed by atoms with Gasteiger partial charge in [0.25, 0.3) is 0 Å². The average molecular weight is 246 g/mol. The Morgan fingerprint density at radius 3 is 2.00 bits per heavy atom. The number of allylic oxidation sites excluding steroid dienone is 3. The molecule has 3 nitrogen and oxygen atoms in total. The Kier molecular flexibility index (Phi) is 5.56. The van der Waals surface area contributed by atoms with Gasteiger partial charge in [0.05, 0.1) is 0 Å². The van der Waals surface area contributed by atoms with Crippen LogP contribution in [0.15, 0.2) is 42.4 Å². The predicted molar refractivity (Wildman–Crippen MR) is 74.2 cm³/mol. The van der Waals surface area contributed by atoms with Gasteiger partial charge in [-0.3, -0.25) is 0 Å². The van der Waals surface area contributed by atoms with Crippen LogP contribution < -0.4 is 0 Å². The van der Waals surface area contributed by atoms with Gasteiger partial charge < -0.3 is 4.42 Å². The molecule has 0 saturated carbocycles. The van der Waals surface area contributed by atoms with Gasteiger partial charge in [0.1, 0.15) is 0 Å². The molecule has 0 aliphatic heterocycles. The molecular weight excluding hydrogens is 224 g/mol. The lowest BCUT2D eigenvalue weighted by Gasteiger charge is -2.30. The molecule has 1 heterocycles. The molecule has 0 fully saturated rings. The van der Waals surface area contributed by atoms with Crippen LogP contribution in [0.25, 0.3) is 0 Å². The van der Waals surface area contributed by atoms with Crippen LogP contribution in [0, 0.1) is 12.3 Å². The summed E-state index contributed by atoms with van der Waals surface area (Å²) in [6, 6.07) is 0. The molecule has 0 aromatic carbocycles. The fraction of sp³-hybridized carbons (Fsp3) is 0.467. The Morgan fingerprint density at radius 1 is 1.06 bits per heavy atom. The predicted octanol–water partition coefficient (Wildman–Crippen LogP) is 4.03. The maximum atomic E-state index is 5.41. The van der Waals surface area contributed by atoms with E-state index in [-0.39, 0.29) is 5.41 Å². The van der Waals surface area contributed by atoms with Gasteiger partial charge in [-0.25, -0.2) is 0 Å². The number of rotatable bonds is 9. The first-order chi connectivity index (χ1) is 8.65. The van der Waals surface area contributed by atoms with Crippen molar-refractivity contribution in [2.24, 2.45) is 5.41 Å². The van der Waals surface area contributed by atoms with Crippen molar-refractivity contribution in [2.45, 2.75) is 39.0 Å². The molecule has 0 aliphatic carbocycles. The number of nitrogens with zero attached hydrogens (tertiary/aromatic N) is 2. The minimum absolute atomic E-state index is 0.133. The first-order valence-electron chi connectivity index (χ1n) is 6.27. The van der Waals surface area contributed by atoms with Crippen LogP contribution in [-0.2, 0) is 6.42 Å². The van der Waals surface area contributed by atoms with Crippen molar-refractivity contribution in [1.82, 2.24) is 10.2 Å². The second kappa shape index (κ2) is 6.94. The van der Waals surface area contributed by atoms with Crippen molar-refractivity contribution in [1.29, 1.82) is 0 Å². The average Bonchev–Trinajstić information content (AvgIpc) is 2.74. The topological polar surface area (TPSA) is 38.9 Å². The fourth-order valence-electron chi connectivity index (χ4n) is 2.29. The Labute approximate surface area is 109 Å². The van der Waals surface area contributed by atoms with E-state index in [1.54, 1.807) is 6.92 Å². The molecule has 0 spiro atoms. The Hall–Kier alpha value is -1.64. The van der Waals surface area contributed by atoms with E-state index in [4.69, 9.17) is 4.42 Å². The summed E-state index contributed by atoms with van der Waals surface area (Å²) < 4.78 is 5.41. The summed E-state index contributed by atoms with van der Waals surface area (Å²) in [6.45, 7) is 13.4. The van der Waals surface area contributed by atoms with Crippen LogP contribution in [0.4, 0.5) is 0 Å². The molecule has 3 heteroatoms. The number of aromatic nitrogens is 2. The lowest BCUT2D eigenvalue weighted by atomic mass is 9.74. The summed E-state index contributed by atoms with van der Waals surface area (Å²) in [4.78, 5) is 0. The lowest BCUT2D eigenvalue weighted by Crippen LogP contribution is -2.19. The molecular formula is C15H22N2O. The van der Waals surface area contributed by atoms with Crippen molar-refractivity contribution in [3.05, 3.63) is 49.7 Å². The van der Waals surface area contributed by atoms with Gasteiger partial charge in [0.2, 0.25) is 11.8 Å². The van der Waals surface area contributed by atoms with Crippen molar-refractivity contribution in [3.8, 4) is 0 Å². The lowest BCUT2D eigenvalue weighted by molar-refractivity contribution is 0.262. The first-order valence-corrected chi connectivity index (χ1v) is 6.27. The molecule has 0 amide bonds. The van der Waals surface area contributed by atoms with Gasteiger partial charge in [-0.05, 0) is 31.1 Å². The quantitative estimate of drug-likeness (QED) is 0.618. The third-order valence-corrected chi connectivity index (χ3v) is 3.17. The van der Waals surface area contributed by atoms with Crippen LogP contribution in [-0.4, -0.2) is 10.2 Å². The van der Waals surface area contributed by atoms with Crippen molar-refractivity contribution >= 4 is 0 Å². The Morgan fingerprint density at radius 2 is 1.61 bits per heavy atom. The van der Waals surface area contributed by atoms with Crippen LogP contribution in [0.3, 0.4) is 0 Å². The number of aryl methyl sites for hydroxylation is 2. The van der Waals surface area contributed by atoms with E-state index >= 15 is 0 Å². The summed E-state index contributed by atoms with van der Waals surface area (Å²) in [5, 5.41) is 7.88. The molecule has 0 N–H and O–H groups in total. The minimum atomic E-state index is 0.133. The molecule has 0 aliphatic rings. The highest BCUT2D eigenvalue weighted by Crippen LogP contribution is 2.37. The molecule has 1 rings (SSSR count). The molecule has 1 aromatic rings. The van der Waals surface area contributed by atoms with Gasteiger partial charge in [-0.2, -0.15) is 0 Å². The second-order valence-electron chi connectivity index (χ2n) is 4.69. The van der Waals surface area contributed by atoms with Gasteiger partial charge in [0, 0.05) is 13.3 Å². The van der Waals surface area contributed by atoms with E-state index in [9.17, 15) is 0 Å². The number of hydrogen-bond acceptors (Lipinski definition) is 3. The summed E-state index contributed by atoms with van der Waals surface area (Å²) in [7, 11) is 0. The standard InChI is InChI=1S/C15H22N2O/c1-5-9-15(10-6-2,11-7-3)12-8-14-17-16-13(4)18-14/h5-7H,1-3,8-12H2,4H3. The fourth-order valence-corrected chi connectivity index (χ4v) is 2.29. The summed E-state index contributed by atoms with van der Waals surface area (Å²) in [5.74, 6) is 1.32. The molecule has 98 valence electrons. The maximum absolute atomic E-state index is 5.41. The second-order valence-corrected chi connectivity index (χ2v) is 4.69. The van der Waals surface area contributed by atoms with E-state index in [0.29, 0.717) is 11.8 Å². The van der Waals surface area contributed by atoms with Gasteiger partial charge in [-0.15, -0.1) is 29.9 Å². The van der Waals surface area contributed by atoms with E-state index in [1.165, 1.54) is 0 Å². The van der Waals surface area contributed by atoms with Crippen molar-refractivity contribution in [2.75, 3.05) is 0 Å². The normalized spacial score (nSPS) is 11.2. The zero-order valence-corrected chi connectivity index (χ0v) is 11.2. The van der Waals surface area contributed by atoms with Crippen LogP contribution >= 0.6 is 0 Å². The van der Waals surface area contributed by atoms with Gasteiger partial charge in [0.15, 0.2) is 0 Å². The zero-order valence-electron chi connectivity index (χ0n) is 11.2. The van der Waals surface area contributed by atoms with E-state index < -0.39 is 0 Å². The van der Waals surface area contributed by atoms with E-state index in [0.717, 1.165) is 32.1 Å². The third-order valence-electron chi connectivity index (χ3n) is 3.17. The molecule has 0 saturated heterocycles. The molecule has 1 aromatic heterocycles. The summed E-state index contributed by atoms with van der Waals surface area (Å²) in [5.41, 5.74) is 0.133. The monoisotopic (exact) mass is 246 g/mol. The largest absolute Gasteiger partial charge is 0.426 e. The highest BCUT2D eigenvalue weighted by molar-refractivity contribution is 4.97. The Balaban J connectivity index is 2.72.